The van der Waals surface area contributed by atoms with Crippen molar-refractivity contribution in [2.75, 3.05) is 23.9 Å². The Morgan fingerprint density at radius 2 is 1.66 bits per heavy atom. The fourth-order valence-corrected chi connectivity index (χ4v) is 5.40. The molecule has 41 heavy (non-hydrogen) atoms. The normalized spacial score (nSPS) is 13.8. The number of hydrogen-bond acceptors (Lipinski definition) is 6. The Balaban J connectivity index is 1.72. The fraction of sp³-hybridized carbons (Fsp3) is 0.333. The molecule has 4 rings (SSSR count). The van der Waals surface area contributed by atoms with Gasteiger partial charge in [-0.25, -0.2) is 8.42 Å². The van der Waals surface area contributed by atoms with E-state index in [1.54, 1.807) is 36.4 Å². The molecule has 0 aliphatic carbocycles. The average molecular weight is 600 g/mol. The number of carbonyl (C=O) groups excluding carboxylic acids is 2. The van der Waals surface area contributed by atoms with Gasteiger partial charge >= 0.3 is 0 Å². The molecule has 0 saturated carbocycles. The first-order valence-electron chi connectivity index (χ1n) is 13.3. The highest BCUT2D eigenvalue weighted by Crippen LogP contribution is 2.36. The van der Waals surface area contributed by atoms with Gasteiger partial charge in [-0.3, -0.25) is 13.9 Å². The van der Waals surface area contributed by atoms with Crippen LogP contribution in [0.4, 0.5) is 5.69 Å². The van der Waals surface area contributed by atoms with Crippen LogP contribution in [-0.2, 0) is 32.6 Å². The molecule has 1 aliphatic heterocycles. The lowest BCUT2D eigenvalue weighted by Gasteiger charge is -2.34. The molecule has 1 heterocycles. The van der Waals surface area contributed by atoms with E-state index in [9.17, 15) is 18.0 Å². The standard InChI is InChI=1S/C30H34ClN3O6S/c1-4-21(2)32-30(36)26(16-22-8-6-5-7-9-22)33(18-23-10-12-24(31)13-11-23)29(35)19-34(41(3,37)38)25-14-15-27-28(17-25)40-20-39-27/h5-15,17,21,26H,4,16,18-20H2,1-3H3,(H,32,36)/t21-,26-/m1/s1. The van der Waals surface area contributed by atoms with E-state index in [0.29, 0.717) is 22.9 Å². The molecule has 0 fully saturated rings. The monoisotopic (exact) mass is 599 g/mol. The van der Waals surface area contributed by atoms with Gasteiger partial charge in [0.05, 0.1) is 11.9 Å². The zero-order chi connectivity index (χ0) is 29.6. The number of halogens is 1. The molecule has 0 spiro atoms. The van der Waals surface area contributed by atoms with Gasteiger partial charge in [0.15, 0.2) is 11.5 Å². The number of carbonyl (C=O) groups is 2. The van der Waals surface area contributed by atoms with E-state index in [1.165, 1.54) is 11.0 Å². The van der Waals surface area contributed by atoms with Crippen LogP contribution in [0.2, 0.25) is 5.02 Å². The number of rotatable bonds is 12. The fourth-order valence-electron chi connectivity index (χ4n) is 4.44. The smallest absolute Gasteiger partial charge is 0.244 e. The lowest BCUT2D eigenvalue weighted by molar-refractivity contribution is -0.140. The molecule has 2 atom stereocenters. The zero-order valence-electron chi connectivity index (χ0n) is 23.2. The first-order chi connectivity index (χ1) is 19.5. The number of fused-ring (bicyclic) bond motifs is 1. The van der Waals surface area contributed by atoms with E-state index in [2.05, 4.69) is 5.32 Å². The third kappa shape index (κ3) is 7.92. The van der Waals surface area contributed by atoms with Gasteiger partial charge in [0.25, 0.3) is 0 Å². The summed E-state index contributed by atoms with van der Waals surface area (Å²) >= 11 is 6.09. The zero-order valence-corrected chi connectivity index (χ0v) is 24.8. The quantitative estimate of drug-likeness (QED) is 0.331. The van der Waals surface area contributed by atoms with Crippen molar-refractivity contribution in [3.63, 3.8) is 0 Å². The lowest BCUT2D eigenvalue weighted by Crippen LogP contribution is -2.54. The third-order valence-corrected chi connectivity index (χ3v) is 8.25. The number of amides is 2. The van der Waals surface area contributed by atoms with Gasteiger partial charge in [-0.05, 0) is 48.7 Å². The summed E-state index contributed by atoms with van der Waals surface area (Å²) in [6.07, 6.45) is 1.98. The van der Waals surface area contributed by atoms with Crippen LogP contribution in [0.3, 0.4) is 0 Å². The van der Waals surface area contributed by atoms with Crippen molar-refractivity contribution < 1.29 is 27.5 Å². The SMILES string of the molecule is CC[C@@H](C)NC(=O)[C@@H](Cc1ccccc1)N(Cc1ccc(Cl)cc1)C(=O)CN(c1ccc2c(c1)OCO2)S(C)(=O)=O. The topological polar surface area (TPSA) is 105 Å². The summed E-state index contributed by atoms with van der Waals surface area (Å²) in [4.78, 5) is 29.3. The number of hydrogen-bond donors (Lipinski definition) is 1. The summed E-state index contributed by atoms with van der Waals surface area (Å²) in [5.74, 6) is 0.0156. The highest BCUT2D eigenvalue weighted by atomic mass is 35.5. The van der Waals surface area contributed by atoms with E-state index in [0.717, 1.165) is 21.7 Å². The maximum atomic E-state index is 14.1. The number of ether oxygens (including phenoxy) is 2. The van der Waals surface area contributed by atoms with Crippen molar-refractivity contribution in [1.29, 1.82) is 0 Å². The van der Waals surface area contributed by atoms with Gasteiger partial charge in [0, 0.05) is 30.1 Å². The van der Waals surface area contributed by atoms with Crippen molar-refractivity contribution in [2.45, 2.75) is 45.3 Å². The molecular weight excluding hydrogens is 566 g/mol. The minimum atomic E-state index is -3.90. The molecule has 1 N–H and O–H groups in total. The van der Waals surface area contributed by atoms with Gasteiger partial charge in [-0.15, -0.1) is 0 Å². The van der Waals surface area contributed by atoms with E-state index < -0.39 is 28.5 Å². The van der Waals surface area contributed by atoms with Crippen LogP contribution in [0.15, 0.2) is 72.8 Å². The van der Waals surface area contributed by atoms with Crippen LogP contribution >= 0.6 is 11.6 Å². The predicted octanol–water partition coefficient (Wildman–Crippen LogP) is 4.39. The largest absolute Gasteiger partial charge is 0.454 e. The van der Waals surface area contributed by atoms with Crippen LogP contribution in [0, 0.1) is 0 Å². The maximum absolute atomic E-state index is 14.1. The Morgan fingerprint density at radius 1 is 0.976 bits per heavy atom. The molecule has 0 aromatic heterocycles. The number of nitrogens with one attached hydrogen (secondary N) is 1. The Morgan fingerprint density at radius 3 is 2.32 bits per heavy atom. The lowest BCUT2D eigenvalue weighted by atomic mass is 10.0. The van der Waals surface area contributed by atoms with Gasteiger partial charge in [0.2, 0.25) is 28.6 Å². The van der Waals surface area contributed by atoms with Gasteiger partial charge in [0.1, 0.15) is 12.6 Å². The minimum absolute atomic E-state index is 0.0257. The van der Waals surface area contributed by atoms with Crippen LogP contribution < -0.4 is 19.1 Å². The average Bonchev–Trinajstić information content (AvgIpc) is 3.42. The molecule has 11 heteroatoms. The van der Waals surface area contributed by atoms with Crippen LogP contribution in [0.1, 0.15) is 31.4 Å². The number of sulfonamides is 1. The molecule has 0 bridgehead atoms. The van der Waals surface area contributed by atoms with Crippen LogP contribution in [0.25, 0.3) is 0 Å². The molecular formula is C30H34ClN3O6S. The predicted molar refractivity (Wildman–Crippen MR) is 159 cm³/mol. The van der Waals surface area contributed by atoms with Gasteiger partial charge in [-0.2, -0.15) is 0 Å². The Hall–Kier alpha value is -3.76. The molecule has 2 amide bonds. The first-order valence-corrected chi connectivity index (χ1v) is 15.5. The highest BCUT2D eigenvalue weighted by Gasteiger charge is 2.33. The van der Waals surface area contributed by atoms with Gasteiger partial charge < -0.3 is 19.7 Å². The highest BCUT2D eigenvalue weighted by molar-refractivity contribution is 7.92. The molecule has 0 unspecified atom stereocenters. The molecule has 0 radical (unpaired) electrons. The molecule has 3 aromatic carbocycles. The van der Waals surface area contributed by atoms with E-state index in [4.69, 9.17) is 21.1 Å². The van der Waals surface area contributed by atoms with Crippen LogP contribution in [-0.4, -0.2) is 56.8 Å². The second-order valence-corrected chi connectivity index (χ2v) is 12.3. The molecule has 3 aromatic rings. The molecule has 9 nitrogen and oxygen atoms in total. The van der Waals surface area contributed by atoms with Crippen LogP contribution in [0.5, 0.6) is 11.5 Å². The summed E-state index contributed by atoms with van der Waals surface area (Å²) in [6, 6.07) is 20.0. The second-order valence-electron chi connectivity index (χ2n) is 9.98. The summed E-state index contributed by atoms with van der Waals surface area (Å²) in [5, 5.41) is 3.54. The third-order valence-electron chi connectivity index (χ3n) is 6.86. The summed E-state index contributed by atoms with van der Waals surface area (Å²) in [7, 11) is -3.90. The molecule has 218 valence electrons. The van der Waals surface area contributed by atoms with Crippen molar-refractivity contribution >= 4 is 39.1 Å². The summed E-state index contributed by atoms with van der Waals surface area (Å²) < 4.78 is 37.7. The maximum Gasteiger partial charge on any atom is 0.244 e. The number of nitrogens with zero attached hydrogens (tertiary/aromatic N) is 2. The first kappa shape index (κ1) is 30.2. The van der Waals surface area contributed by atoms with Crippen molar-refractivity contribution in [3.05, 3.63) is 88.9 Å². The van der Waals surface area contributed by atoms with Crippen molar-refractivity contribution in [1.82, 2.24) is 10.2 Å². The Bertz CT molecular complexity index is 1470. The van der Waals surface area contributed by atoms with Crippen molar-refractivity contribution in [2.24, 2.45) is 0 Å². The Kier molecular flexibility index (Phi) is 9.77. The minimum Gasteiger partial charge on any atom is -0.454 e. The summed E-state index contributed by atoms with van der Waals surface area (Å²) in [6.45, 7) is 3.43. The summed E-state index contributed by atoms with van der Waals surface area (Å²) in [5.41, 5.74) is 1.85. The number of anilines is 1. The molecule has 0 saturated heterocycles. The molecule has 1 aliphatic rings. The van der Waals surface area contributed by atoms with E-state index >= 15 is 0 Å². The van der Waals surface area contributed by atoms with E-state index in [1.807, 2.05) is 44.2 Å². The van der Waals surface area contributed by atoms with E-state index in [-0.39, 0.29) is 37.4 Å². The van der Waals surface area contributed by atoms with Gasteiger partial charge in [-0.1, -0.05) is 61.0 Å². The number of benzene rings is 3. The second kappa shape index (κ2) is 13.3. The Labute approximate surface area is 246 Å². The van der Waals surface area contributed by atoms with Crippen molar-refractivity contribution in [3.8, 4) is 11.5 Å².